The van der Waals surface area contributed by atoms with Gasteiger partial charge in [-0.05, 0) is 19.1 Å². The van der Waals surface area contributed by atoms with Crippen LogP contribution in [0.1, 0.15) is 17.4 Å². The summed E-state index contributed by atoms with van der Waals surface area (Å²) in [6, 6.07) is 3.28. The largest absolute Gasteiger partial charge is 0.397 e. The Labute approximate surface area is 96.9 Å². The third kappa shape index (κ3) is 3.30. The molecule has 0 radical (unpaired) electrons. The van der Waals surface area contributed by atoms with Gasteiger partial charge in [0.15, 0.2) is 5.69 Å². The molecule has 3 N–H and O–H groups in total. The summed E-state index contributed by atoms with van der Waals surface area (Å²) >= 11 is 0. The number of nitrogens with two attached hydrogens (primary N) is 1. The van der Waals surface area contributed by atoms with Crippen molar-refractivity contribution in [2.45, 2.75) is 12.2 Å². The summed E-state index contributed by atoms with van der Waals surface area (Å²) in [4.78, 5) is 15.5. The maximum Gasteiger partial charge on any atom is 0.272 e. The molecule has 0 aliphatic carbocycles. The Morgan fingerprint density at radius 1 is 1.69 bits per heavy atom. The molecule has 0 bridgehead atoms. The number of pyridine rings is 1. The Hall–Kier alpha value is -1.43. The smallest absolute Gasteiger partial charge is 0.272 e. The van der Waals surface area contributed by atoms with Crippen LogP contribution in [0, 0.1) is 0 Å². The zero-order valence-corrected chi connectivity index (χ0v) is 10.1. The van der Waals surface area contributed by atoms with Crippen molar-refractivity contribution in [3.8, 4) is 0 Å². The van der Waals surface area contributed by atoms with Gasteiger partial charge in [-0.15, -0.1) is 0 Å². The second-order valence-electron chi connectivity index (χ2n) is 3.46. The fourth-order valence-electron chi connectivity index (χ4n) is 1.04. The van der Waals surface area contributed by atoms with Gasteiger partial charge in [0.25, 0.3) is 5.91 Å². The molecule has 88 valence electrons. The standard InChI is InChI=1S/C10H15N3O2S/c1-7(16(2)15)6-13-10(14)9-8(11)4-3-5-12-9/h3-5,7H,6,11H2,1-2H3,(H,13,14). The van der Waals surface area contributed by atoms with Gasteiger partial charge in [0.2, 0.25) is 0 Å². The van der Waals surface area contributed by atoms with E-state index in [0.29, 0.717) is 12.2 Å². The second-order valence-corrected chi connectivity index (χ2v) is 5.26. The Balaban J connectivity index is 2.60. The van der Waals surface area contributed by atoms with Gasteiger partial charge in [0, 0.05) is 35.0 Å². The van der Waals surface area contributed by atoms with Crippen molar-refractivity contribution in [2.75, 3.05) is 18.5 Å². The minimum absolute atomic E-state index is 0.0890. The second kappa shape index (κ2) is 5.60. The quantitative estimate of drug-likeness (QED) is 0.786. The molecule has 0 saturated carbocycles. The van der Waals surface area contributed by atoms with Crippen LogP contribution in [-0.4, -0.2) is 33.2 Å². The lowest BCUT2D eigenvalue weighted by Gasteiger charge is -2.10. The first-order valence-corrected chi connectivity index (χ1v) is 6.45. The maximum absolute atomic E-state index is 11.6. The van der Waals surface area contributed by atoms with Crippen LogP contribution in [0.2, 0.25) is 0 Å². The highest BCUT2D eigenvalue weighted by Gasteiger charge is 2.12. The Bertz CT molecular complexity index is 409. The predicted molar refractivity (Wildman–Crippen MR) is 64.5 cm³/mol. The third-order valence-corrected chi connectivity index (χ3v) is 3.47. The highest BCUT2D eigenvalue weighted by Crippen LogP contribution is 2.06. The molecule has 6 heteroatoms. The summed E-state index contributed by atoms with van der Waals surface area (Å²) in [6.07, 6.45) is 3.11. The molecule has 5 nitrogen and oxygen atoms in total. The molecule has 1 amide bonds. The lowest BCUT2D eigenvalue weighted by molar-refractivity contribution is 0.0950. The lowest BCUT2D eigenvalue weighted by Crippen LogP contribution is -2.33. The molecule has 1 aromatic heterocycles. The summed E-state index contributed by atoms with van der Waals surface area (Å²) in [5.41, 5.74) is 6.15. The van der Waals surface area contributed by atoms with Crippen LogP contribution < -0.4 is 11.1 Å². The van der Waals surface area contributed by atoms with E-state index in [2.05, 4.69) is 10.3 Å². The van der Waals surface area contributed by atoms with E-state index in [1.165, 1.54) is 6.20 Å². The fraction of sp³-hybridized carbons (Fsp3) is 0.400. The molecule has 16 heavy (non-hydrogen) atoms. The van der Waals surface area contributed by atoms with Crippen molar-refractivity contribution in [3.05, 3.63) is 24.0 Å². The summed E-state index contributed by atoms with van der Waals surface area (Å²) in [5.74, 6) is -0.338. The number of nitrogen functional groups attached to an aromatic ring is 1. The van der Waals surface area contributed by atoms with Gasteiger partial charge in [-0.3, -0.25) is 9.00 Å². The maximum atomic E-state index is 11.6. The van der Waals surface area contributed by atoms with Crippen LogP contribution in [0.4, 0.5) is 5.69 Å². The number of carbonyl (C=O) groups is 1. The van der Waals surface area contributed by atoms with Gasteiger partial charge in [0.1, 0.15) is 0 Å². The van der Waals surface area contributed by atoms with Crippen molar-refractivity contribution >= 4 is 22.4 Å². The van der Waals surface area contributed by atoms with Crippen LogP contribution in [0.5, 0.6) is 0 Å². The molecule has 2 unspecified atom stereocenters. The number of nitrogens with zero attached hydrogens (tertiary/aromatic N) is 1. The number of hydrogen-bond donors (Lipinski definition) is 2. The molecule has 0 aliphatic heterocycles. The first-order chi connectivity index (χ1) is 7.52. The SMILES string of the molecule is CC(CNC(=O)c1ncccc1N)S(C)=O. The molecule has 1 heterocycles. The van der Waals surface area contributed by atoms with Crippen molar-refractivity contribution < 1.29 is 9.00 Å². The van der Waals surface area contributed by atoms with Crippen LogP contribution in [0.3, 0.4) is 0 Å². The number of nitrogens with one attached hydrogen (secondary N) is 1. The zero-order valence-electron chi connectivity index (χ0n) is 9.27. The minimum Gasteiger partial charge on any atom is -0.397 e. The molecule has 0 spiro atoms. The van der Waals surface area contributed by atoms with Crippen molar-refractivity contribution in [1.29, 1.82) is 0 Å². The lowest BCUT2D eigenvalue weighted by atomic mass is 10.3. The summed E-state index contributed by atoms with van der Waals surface area (Å²) in [6.45, 7) is 2.15. The summed E-state index contributed by atoms with van der Waals surface area (Å²) in [7, 11) is -0.955. The number of carbonyl (C=O) groups excluding carboxylic acids is 1. The van der Waals surface area contributed by atoms with E-state index >= 15 is 0 Å². The van der Waals surface area contributed by atoms with E-state index in [0.717, 1.165) is 0 Å². The zero-order chi connectivity index (χ0) is 12.1. The minimum atomic E-state index is -0.955. The molecular formula is C10H15N3O2S. The molecule has 0 aromatic carbocycles. The van der Waals surface area contributed by atoms with Gasteiger partial charge in [-0.1, -0.05) is 0 Å². The molecule has 2 atom stereocenters. The van der Waals surface area contributed by atoms with E-state index in [-0.39, 0.29) is 16.9 Å². The van der Waals surface area contributed by atoms with Gasteiger partial charge in [-0.2, -0.15) is 0 Å². The van der Waals surface area contributed by atoms with E-state index in [9.17, 15) is 9.00 Å². The molecule has 1 rings (SSSR count). The fourth-order valence-corrected chi connectivity index (χ4v) is 1.36. The van der Waals surface area contributed by atoms with Gasteiger partial charge >= 0.3 is 0 Å². The highest BCUT2D eigenvalue weighted by atomic mass is 32.2. The first kappa shape index (κ1) is 12.6. The molecule has 0 aliphatic rings. The molecular weight excluding hydrogens is 226 g/mol. The van der Waals surface area contributed by atoms with Gasteiger partial charge in [-0.25, -0.2) is 4.98 Å². The summed E-state index contributed by atoms with van der Waals surface area (Å²) < 4.78 is 11.1. The third-order valence-electron chi connectivity index (χ3n) is 2.17. The topological polar surface area (TPSA) is 85.1 Å². The predicted octanol–water partition coefficient (Wildman–Crippen LogP) is 0.161. The van der Waals surface area contributed by atoms with Crippen LogP contribution in [0.25, 0.3) is 0 Å². The first-order valence-electron chi connectivity index (χ1n) is 4.83. The van der Waals surface area contributed by atoms with Crippen LogP contribution >= 0.6 is 0 Å². The Morgan fingerprint density at radius 3 is 2.94 bits per heavy atom. The van der Waals surface area contributed by atoms with Gasteiger partial charge in [0.05, 0.1) is 5.69 Å². The van der Waals surface area contributed by atoms with E-state index < -0.39 is 10.8 Å². The van der Waals surface area contributed by atoms with E-state index in [1.54, 1.807) is 25.3 Å². The number of anilines is 1. The summed E-state index contributed by atoms with van der Waals surface area (Å²) in [5, 5.41) is 2.56. The average molecular weight is 241 g/mol. The van der Waals surface area contributed by atoms with Crippen LogP contribution in [0.15, 0.2) is 18.3 Å². The number of rotatable bonds is 4. The molecule has 0 saturated heterocycles. The Kier molecular flexibility index (Phi) is 4.42. The number of aromatic nitrogens is 1. The molecule has 1 aromatic rings. The average Bonchev–Trinajstić information content (AvgIpc) is 2.25. The van der Waals surface area contributed by atoms with E-state index in [4.69, 9.17) is 5.73 Å². The number of amides is 1. The van der Waals surface area contributed by atoms with Crippen molar-refractivity contribution in [2.24, 2.45) is 0 Å². The van der Waals surface area contributed by atoms with Crippen LogP contribution in [-0.2, 0) is 10.8 Å². The Morgan fingerprint density at radius 2 is 2.38 bits per heavy atom. The highest BCUT2D eigenvalue weighted by molar-refractivity contribution is 7.84. The van der Waals surface area contributed by atoms with Crippen molar-refractivity contribution in [3.63, 3.8) is 0 Å². The number of hydrogen-bond acceptors (Lipinski definition) is 4. The van der Waals surface area contributed by atoms with Crippen molar-refractivity contribution in [1.82, 2.24) is 10.3 Å². The normalized spacial score (nSPS) is 14.1. The van der Waals surface area contributed by atoms with Gasteiger partial charge < -0.3 is 11.1 Å². The monoisotopic (exact) mass is 241 g/mol. The van der Waals surface area contributed by atoms with E-state index in [1.807, 2.05) is 0 Å². The molecule has 0 fully saturated rings.